The van der Waals surface area contributed by atoms with Crippen molar-refractivity contribution in [3.8, 4) is 10.6 Å². The van der Waals surface area contributed by atoms with Crippen LogP contribution in [0.4, 0.5) is 0 Å². The second-order valence-corrected chi connectivity index (χ2v) is 4.27. The number of esters is 1. The Balaban J connectivity index is 2.39. The first-order valence-corrected chi connectivity index (χ1v) is 5.77. The van der Waals surface area contributed by atoms with Crippen LogP contribution in [0, 0.1) is 0 Å². The van der Waals surface area contributed by atoms with Gasteiger partial charge >= 0.3 is 5.97 Å². The first-order valence-electron chi connectivity index (χ1n) is 4.51. The summed E-state index contributed by atoms with van der Waals surface area (Å²) in [6, 6.07) is 7.37. The molecule has 1 aromatic carbocycles. The van der Waals surface area contributed by atoms with Crippen LogP contribution in [0.1, 0.15) is 10.5 Å². The van der Waals surface area contributed by atoms with Crippen LogP contribution in [0.25, 0.3) is 10.6 Å². The first-order chi connectivity index (χ1) is 7.72. The van der Waals surface area contributed by atoms with Gasteiger partial charge in [0.2, 0.25) is 0 Å². The molecule has 0 radical (unpaired) electrons. The summed E-state index contributed by atoms with van der Waals surface area (Å²) in [7, 11) is 1.33. The van der Waals surface area contributed by atoms with E-state index in [0.717, 1.165) is 5.56 Å². The van der Waals surface area contributed by atoms with Gasteiger partial charge in [-0.1, -0.05) is 29.8 Å². The molecule has 1 aromatic heterocycles. The van der Waals surface area contributed by atoms with Crippen molar-refractivity contribution in [1.29, 1.82) is 0 Å². The zero-order valence-corrected chi connectivity index (χ0v) is 10.0. The van der Waals surface area contributed by atoms with Crippen LogP contribution in [0.3, 0.4) is 0 Å². The molecule has 0 saturated heterocycles. The van der Waals surface area contributed by atoms with Gasteiger partial charge in [0, 0.05) is 10.9 Å². The molecule has 0 aliphatic rings. The number of ether oxygens (including phenoxy) is 1. The Morgan fingerprint density at radius 3 is 2.88 bits per heavy atom. The highest BCUT2D eigenvalue weighted by molar-refractivity contribution is 7.13. The minimum Gasteiger partial charge on any atom is -0.464 e. The van der Waals surface area contributed by atoms with E-state index in [0.29, 0.717) is 15.7 Å². The fourth-order valence-electron chi connectivity index (χ4n) is 1.23. The van der Waals surface area contributed by atoms with Crippen molar-refractivity contribution in [2.45, 2.75) is 0 Å². The molecule has 0 spiro atoms. The van der Waals surface area contributed by atoms with E-state index in [1.165, 1.54) is 18.4 Å². The number of methoxy groups -OCH3 is 1. The molecule has 3 nitrogen and oxygen atoms in total. The molecule has 0 aliphatic carbocycles. The summed E-state index contributed by atoms with van der Waals surface area (Å²) in [4.78, 5) is 15.4. The fourth-order valence-corrected chi connectivity index (χ4v) is 2.34. The van der Waals surface area contributed by atoms with Crippen LogP contribution in [0.15, 0.2) is 29.6 Å². The molecule has 0 bridgehead atoms. The Morgan fingerprint density at radius 1 is 1.44 bits per heavy atom. The number of hydrogen-bond acceptors (Lipinski definition) is 4. The van der Waals surface area contributed by atoms with Gasteiger partial charge in [-0.15, -0.1) is 11.3 Å². The molecule has 0 amide bonds. The number of thiazole rings is 1. The largest absolute Gasteiger partial charge is 0.464 e. The maximum absolute atomic E-state index is 11.2. The van der Waals surface area contributed by atoms with E-state index >= 15 is 0 Å². The first kappa shape index (κ1) is 11.1. The van der Waals surface area contributed by atoms with Gasteiger partial charge in [0.1, 0.15) is 5.01 Å². The Kier molecular flexibility index (Phi) is 3.22. The number of carbonyl (C=O) groups excluding carboxylic acids is 1. The minimum absolute atomic E-state index is 0.308. The number of halogens is 1. The third kappa shape index (κ3) is 2.08. The summed E-state index contributed by atoms with van der Waals surface area (Å²) in [5, 5.41) is 2.99. The van der Waals surface area contributed by atoms with Gasteiger partial charge in [-0.25, -0.2) is 9.78 Å². The summed E-state index contributed by atoms with van der Waals surface area (Å²) in [6.07, 6.45) is 0. The monoisotopic (exact) mass is 253 g/mol. The highest BCUT2D eigenvalue weighted by Crippen LogP contribution is 2.30. The van der Waals surface area contributed by atoms with Crippen molar-refractivity contribution in [2.75, 3.05) is 7.11 Å². The molecule has 2 rings (SSSR count). The van der Waals surface area contributed by atoms with Crippen LogP contribution in [0.5, 0.6) is 0 Å². The van der Waals surface area contributed by atoms with Gasteiger partial charge in [-0.05, 0) is 6.07 Å². The quantitative estimate of drug-likeness (QED) is 0.772. The van der Waals surface area contributed by atoms with E-state index in [-0.39, 0.29) is 0 Å². The smallest absolute Gasteiger partial charge is 0.357 e. The Bertz CT molecular complexity index is 524. The van der Waals surface area contributed by atoms with E-state index in [9.17, 15) is 4.79 Å². The van der Waals surface area contributed by atoms with E-state index in [1.54, 1.807) is 11.4 Å². The maximum atomic E-state index is 11.2. The maximum Gasteiger partial charge on any atom is 0.357 e. The van der Waals surface area contributed by atoms with Gasteiger partial charge in [-0.2, -0.15) is 0 Å². The van der Waals surface area contributed by atoms with E-state index in [1.807, 2.05) is 18.2 Å². The molecule has 16 heavy (non-hydrogen) atoms. The molecule has 0 N–H and O–H groups in total. The zero-order chi connectivity index (χ0) is 11.5. The molecule has 0 atom stereocenters. The number of aromatic nitrogens is 1. The summed E-state index contributed by atoms with van der Waals surface area (Å²) in [5.41, 5.74) is 1.13. The molecule has 0 aliphatic heterocycles. The summed E-state index contributed by atoms with van der Waals surface area (Å²) < 4.78 is 4.59. The molecule has 5 heteroatoms. The van der Waals surface area contributed by atoms with Crippen LogP contribution < -0.4 is 0 Å². The molecule has 0 saturated carbocycles. The molecule has 82 valence electrons. The molecule has 0 fully saturated rings. The average Bonchev–Trinajstić information content (AvgIpc) is 2.78. The standard InChI is InChI=1S/C11H8ClNO2S/c1-15-11(14)9-6-16-10(13-9)7-4-2-3-5-8(7)12/h2-6H,1H3. The lowest BCUT2D eigenvalue weighted by Crippen LogP contribution is -2.00. The Hall–Kier alpha value is -1.39. The highest BCUT2D eigenvalue weighted by Gasteiger charge is 2.13. The summed E-state index contributed by atoms with van der Waals surface area (Å²) >= 11 is 7.40. The normalized spacial score (nSPS) is 10.1. The topological polar surface area (TPSA) is 39.2 Å². The van der Waals surface area contributed by atoms with Crippen molar-refractivity contribution < 1.29 is 9.53 Å². The predicted molar refractivity (Wildman–Crippen MR) is 63.9 cm³/mol. The average molecular weight is 254 g/mol. The summed E-state index contributed by atoms with van der Waals surface area (Å²) in [6.45, 7) is 0. The molecule has 0 unspecified atom stereocenters. The van der Waals surface area contributed by atoms with Gasteiger partial charge in [0.05, 0.1) is 12.1 Å². The van der Waals surface area contributed by atoms with Gasteiger partial charge in [0.15, 0.2) is 5.69 Å². The van der Waals surface area contributed by atoms with Crippen LogP contribution in [-0.2, 0) is 4.74 Å². The van der Waals surface area contributed by atoms with E-state index < -0.39 is 5.97 Å². The Labute approximate surface area is 102 Å². The van der Waals surface area contributed by atoms with Crippen molar-refractivity contribution in [3.63, 3.8) is 0 Å². The molecular weight excluding hydrogens is 246 g/mol. The van der Waals surface area contributed by atoms with Crippen LogP contribution in [-0.4, -0.2) is 18.1 Å². The number of nitrogens with zero attached hydrogens (tertiary/aromatic N) is 1. The number of benzene rings is 1. The highest BCUT2D eigenvalue weighted by atomic mass is 35.5. The van der Waals surface area contributed by atoms with Gasteiger partial charge < -0.3 is 4.74 Å². The van der Waals surface area contributed by atoms with Crippen LogP contribution >= 0.6 is 22.9 Å². The summed E-state index contributed by atoms with van der Waals surface area (Å²) in [5.74, 6) is -0.436. The Morgan fingerprint density at radius 2 is 2.19 bits per heavy atom. The second kappa shape index (κ2) is 4.63. The lowest BCUT2D eigenvalue weighted by Gasteiger charge is -1.98. The molecular formula is C11H8ClNO2S. The van der Waals surface area contributed by atoms with E-state index in [4.69, 9.17) is 11.6 Å². The van der Waals surface area contributed by atoms with Crippen molar-refractivity contribution >= 4 is 28.9 Å². The molecule has 1 heterocycles. The number of hydrogen-bond donors (Lipinski definition) is 0. The SMILES string of the molecule is COC(=O)c1csc(-c2ccccc2Cl)n1. The van der Waals surface area contributed by atoms with Crippen molar-refractivity contribution in [2.24, 2.45) is 0 Å². The fraction of sp³-hybridized carbons (Fsp3) is 0.0909. The van der Waals surface area contributed by atoms with Gasteiger partial charge in [-0.3, -0.25) is 0 Å². The predicted octanol–water partition coefficient (Wildman–Crippen LogP) is 3.25. The second-order valence-electron chi connectivity index (χ2n) is 3.01. The van der Waals surface area contributed by atoms with Crippen molar-refractivity contribution in [3.05, 3.63) is 40.4 Å². The van der Waals surface area contributed by atoms with E-state index in [2.05, 4.69) is 9.72 Å². The van der Waals surface area contributed by atoms with Gasteiger partial charge in [0.25, 0.3) is 0 Å². The molecule has 2 aromatic rings. The van der Waals surface area contributed by atoms with Crippen molar-refractivity contribution in [1.82, 2.24) is 4.98 Å². The number of rotatable bonds is 2. The third-order valence-electron chi connectivity index (χ3n) is 2.00. The van der Waals surface area contributed by atoms with Crippen LogP contribution in [0.2, 0.25) is 5.02 Å². The number of carbonyl (C=O) groups is 1. The lowest BCUT2D eigenvalue weighted by molar-refractivity contribution is 0.0595. The lowest BCUT2D eigenvalue weighted by atomic mass is 10.2. The third-order valence-corrected chi connectivity index (χ3v) is 3.21. The minimum atomic E-state index is -0.436. The zero-order valence-electron chi connectivity index (χ0n) is 8.44.